The van der Waals surface area contributed by atoms with E-state index in [0.717, 1.165) is 24.4 Å². The molecule has 4 N–H and O–H groups in total. The van der Waals surface area contributed by atoms with Gasteiger partial charge in [0.05, 0.1) is 11.3 Å². The summed E-state index contributed by atoms with van der Waals surface area (Å²) in [6.07, 6.45) is 1.04. The Morgan fingerprint density at radius 1 is 1.30 bits per heavy atom. The lowest BCUT2D eigenvalue weighted by atomic mass is 10.2. The molecule has 8 heteroatoms. The first-order valence-electron chi connectivity index (χ1n) is 5.29. The second-order valence-corrected chi connectivity index (χ2v) is 4.75. The summed E-state index contributed by atoms with van der Waals surface area (Å²) in [4.78, 5) is 14.5. The maximum atomic E-state index is 13.6. The number of benzene rings is 1. The molecule has 0 amide bonds. The first-order valence-corrected chi connectivity index (χ1v) is 6.08. The van der Waals surface area contributed by atoms with Crippen LogP contribution in [0.4, 0.5) is 26.0 Å². The summed E-state index contributed by atoms with van der Waals surface area (Å²) in [5.74, 6) is -2.90. The largest absolute Gasteiger partial charge is 0.478 e. The number of pyridine rings is 1. The van der Waals surface area contributed by atoms with Gasteiger partial charge in [-0.2, -0.15) is 0 Å². The molecule has 0 aliphatic heterocycles. The van der Waals surface area contributed by atoms with Crippen LogP contribution in [0.1, 0.15) is 10.4 Å². The Hall–Kier alpha value is -2.22. The highest BCUT2D eigenvalue weighted by molar-refractivity contribution is 9.10. The molecule has 2 rings (SSSR count). The number of nitrogens with one attached hydrogen (secondary N) is 1. The molecular formula is C12H8BrF2N3O2. The van der Waals surface area contributed by atoms with Crippen molar-refractivity contribution in [2.45, 2.75) is 0 Å². The fourth-order valence-electron chi connectivity index (χ4n) is 1.48. The number of nitrogens with zero attached hydrogens (tertiary/aromatic N) is 1. The standard InChI is InChI=1S/C12H8BrF2N3O2/c13-6-2-7(14)10(8(15)3-6)18-11-9(16)1-5(4-17-11)12(19)20/h1-4H,16H2,(H,17,18)(H,19,20). The SMILES string of the molecule is Nc1cc(C(=O)O)cnc1Nc1c(F)cc(Br)cc1F. The summed E-state index contributed by atoms with van der Waals surface area (Å²) in [7, 11) is 0. The minimum atomic E-state index is -1.20. The molecule has 0 saturated heterocycles. The topological polar surface area (TPSA) is 88.2 Å². The zero-order valence-electron chi connectivity index (χ0n) is 9.82. The number of nitrogens with two attached hydrogens (primary N) is 1. The summed E-state index contributed by atoms with van der Waals surface area (Å²) in [6.45, 7) is 0. The third kappa shape index (κ3) is 2.85. The Bertz CT molecular complexity index is 671. The summed E-state index contributed by atoms with van der Waals surface area (Å²) < 4.78 is 27.5. The van der Waals surface area contributed by atoms with Crippen molar-refractivity contribution in [3.63, 3.8) is 0 Å². The molecule has 0 unspecified atom stereocenters. The van der Waals surface area contributed by atoms with E-state index in [2.05, 4.69) is 26.2 Å². The van der Waals surface area contributed by atoms with Crippen molar-refractivity contribution in [1.29, 1.82) is 0 Å². The molecule has 104 valence electrons. The van der Waals surface area contributed by atoms with Crippen LogP contribution in [0.3, 0.4) is 0 Å². The molecule has 0 radical (unpaired) electrons. The number of aromatic nitrogens is 1. The summed E-state index contributed by atoms with van der Waals surface area (Å²) in [6, 6.07) is 3.30. The first kappa shape index (κ1) is 14.2. The first-order chi connectivity index (χ1) is 9.38. The van der Waals surface area contributed by atoms with Gasteiger partial charge < -0.3 is 16.2 Å². The number of halogens is 3. The maximum absolute atomic E-state index is 13.6. The number of aromatic carboxylic acids is 1. The number of rotatable bonds is 3. The molecule has 20 heavy (non-hydrogen) atoms. The van der Waals surface area contributed by atoms with Crippen LogP contribution in [0.15, 0.2) is 28.9 Å². The molecule has 2 aromatic rings. The zero-order valence-corrected chi connectivity index (χ0v) is 11.4. The van der Waals surface area contributed by atoms with Crippen LogP contribution < -0.4 is 11.1 Å². The van der Waals surface area contributed by atoms with Crippen molar-refractivity contribution in [3.05, 3.63) is 46.1 Å². The molecule has 0 bridgehead atoms. The van der Waals surface area contributed by atoms with E-state index in [9.17, 15) is 13.6 Å². The number of nitrogen functional groups attached to an aromatic ring is 1. The van der Waals surface area contributed by atoms with Crippen molar-refractivity contribution < 1.29 is 18.7 Å². The van der Waals surface area contributed by atoms with Crippen LogP contribution in [0.2, 0.25) is 0 Å². The molecule has 1 aromatic carbocycles. The zero-order chi connectivity index (χ0) is 14.9. The van der Waals surface area contributed by atoms with Gasteiger partial charge in [-0.1, -0.05) is 15.9 Å². The number of hydrogen-bond acceptors (Lipinski definition) is 4. The molecule has 5 nitrogen and oxygen atoms in total. The van der Waals surface area contributed by atoms with Gasteiger partial charge >= 0.3 is 5.97 Å². The monoisotopic (exact) mass is 343 g/mol. The fraction of sp³-hybridized carbons (Fsp3) is 0. The maximum Gasteiger partial charge on any atom is 0.337 e. The Balaban J connectivity index is 2.38. The number of carboxylic acid groups (broad SMARTS) is 1. The second-order valence-electron chi connectivity index (χ2n) is 3.84. The highest BCUT2D eigenvalue weighted by atomic mass is 79.9. The van der Waals surface area contributed by atoms with E-state index in [1.165, 1.54) is 0 Å². The minimum Gasteiger partial charge on any atom is -0.478 e. The average molecular weight is 344 g/mol. The van der Waals surface area contributed by atoms with E-state index in [-0.39, 0.29) is 21.5 Å². The van der Waals surface area contributed by atoms with Crippen molar-refractivity contribution in [2.24, 2.45) is 0 Å². The Morgan fingerprint density at radius 2 is 1.90 bits per heavy atom. The molecule has 0 atom stereocenters. The van der Waals surface area contributed by atoms with Crippen LogP contribution in [0, 0.1) is 11.6 Å². The van der Waals surface area contributed by atoms with Gasteiger partial charge in [0.15, 0.2) is 17.5 Å². The van der Waals surface area contributed by atoms with Crippen LogP contribution in [-0.4, -0.2) is 16.1 Å². The van der Waals surface area contributed by atoms with Gasteiger partial charge in [-0.05, 0) is 18.2 Å². The lowest BCUT2D eigenvalue weighted by Gasteiger charge is -2.11. The highest BCUT2D eigenvalue weighted by Crippen LogP contribution is 2.28. The van der Waals surface area contributed by atoms with Crippen molar-refractivity contribution in [1.82, 2.24) is 4.98 Å². The Labute approximate surface area is 120 Å². The van der Waals surface area contributed by atoms with E-state index >= 15 is 0 Å². The van der Waals surface area contributed by atoms with E-state index in [1.807, 2.05) is 0 Å². The number of anilines is 3. The normalized spacial score (nSPS) is 10.3. The van der Waals surface area contributed by atoms with Gasteiger partial charge in [0.25, 0.3) is 0 Å². The van der Waals surface area contributed by atoms with Crippen molar-refractivity contribution in [3.8, 4) is 0 Å². The van der Waals surface area contributed by atoms with E-state index < -0.39 is 23.3 Å². The van der Waals surface area contributed by atoms with E-state index in [4.69, 9.17) is 10.8 Å². The van der Waals surface area contributed by atoms with Crippen molar-refractivity contribution in [2.75, 3.05) is 11.1 Å². The lowest BCUT2D eigenvalue weighted by molar-refractivity contribution is 0.0696. The van der Waals surface area contributed by atoms with E-state index in [1.54, 1.807) is 0 Å². The Morgan fingerprint density at radius 3 is 2.40 bits per heavy atom. The molecule has 1 heterocycles. The highest BCUT2D eigenvalue weighted by Gasteiger charge is 2.14. The molecule has 0 aliphatic carbocycles. The predicted molar refractivity (Wildman–Crippen MR) is 72.9 cm³/mol. The van der Waals surface area contributed by atoms with Crippen LogP contribution in [0.5, 0.6) is 0 Å². The molecule has 0 aliphatic rings. The number of hydrogen-bond donors (Lipinski definition) is 3. The van der Waals surface area contributed by atoms with Gasteiger partial charge in [-0.15, -0.1) is 0 Å². The molecule has 1 aromatic heterocycles. The molecule has 0 saturated carbocycles. The summed E-state index contributed by atoms with van der Waals surface area (Å²) >= 11 is 2.96. The third-order valence-electron chi connectivity index (χ3n) is 2.41. The average Bonchev–Trinajstić information content (AvgIpc) is 2.34. The summed E-state index contributed by atoms with van der Waals surface area (Å²) in [5, 5.41) is 11.2. The molecular weight excluding hydrogens is 336 g/mol. The van der Waals surface area contributed by atoms with Gasteiger partial charge in [0.2, 0.25) is 0 Å². The smallest absolute Gasteiger partial charge is 0.337 e. The third-order valence-corrected chi connectivity index (χ3v) is 2.87. The second kappa shape index (κ2) is 5.41. The van der Waals surface area contributed by atoms with Crippen LogP contribution in [0.25, 0.3) is 0 Å². The Kier molecular flexibility index (Phi) is 3.84. The fourth-order valence-corrected chi connectivity index (χ4v) is 1.89. The van der Waals surface area contributed by atoms with Gasteiger partial charge in [0, 0.05) is 10.7 Å². The van der Waals surface area contributed by atoms with Crippen LogP contribution in [-0.2, 0) is 0 Å². The minimum absolute atomic E-state index is 0.0323. The summed E-state index contributed by atoms with van der Waals surface area (Å²) in [5.41, 5.74) is 5.02. The molecule has 0 spiro atoms. The van der Waals surface area contributed by atoms with Crippen molar-refractivity contribution >= 4 is 39.1 Å². The number of carboxylic acids is 1. The van der Waals surface area contributed by atoms with E-state index in [0.29, 0.717) is 0 Å². The van der Waals surface area contributed by atoms with Gasteiger partial charge in [-0.25, -0.2) is 18.6 Å². The van der Waals surface area contributed by atoms with Crippen LogP contribution >= 0.6 is 15.9 Å². The predicted octanol–water partition coefficient (Wildman–Crippen LogP) is 3.15. The van der Waals surface area contributed by atoms with Gasteiger partial charge in [-0.3, -0.25) is 0 Å². The number of carbonyl (C=O) groups is 1. The lowest BCUT2D eigenvalue weighted by Crippen LogP contribution is -2.05. The van der Waals surface area contributed by atoms with Gasteiger partial charge in [0.1, 0.15) is 5.69 Å². The molecule has 0 fully saturated rings. The quantitative estimate of drug-likeness (QED) is 0.796.